The lowest BCUT2D eigenvalue weighted by molar-refractivity contribution is 0.0801. The Labute approximate surface area is 162 Å². The zero-order chi connectivity index (χ0) is 19.1. The van der Waals surface area contributed by atoms with Crippen molar-refractivity contribution >= 4 is 23.3 Å². The molecule has 8 heteroatoms. The van der Waals surface area contributed by atoms with Crippen LogP contribution in [-0.4, -0.2) is 48.6 Å². The number of carbonyl (C=O) groups excluding carboxylic acids is 2. The fraction of sp³-hybridized carbons (Fsp3) is 0.421. The quantitative estimate of drug-likeness (QED) is 0.822. The maximum Gasteiger partial charge on any atom is 0.410 e. The topological polar surface area (TPSA) is 80.8 Å². The second-order valence-corrected chi connectivity index (χ2v) is 7.37. The van der Waals surface area contributed by atoms with E-state index in [1.165, 1.54) is 24.6 Å². The summed E-state index contributed by atoms with van der Waals surface area (Å²) in [6.45, 7) is 2.16. The van der Waals surface area contributed by atoms with Crippen LogP contribution < -0.4 is 10.1 Å². The molecule has 144 valence electrons. The Hall–Kier alpha value is -2.61. The molecule has 1 aliphatic rings. The van der Waals surface area contributed by atoms with Crippen LogP contribution in [0, 0.1) is 5.92 Å². The Bertz CT molecular complexity index is 757. The number of likely N-dealkylation sites (tertiary alicyclic amines) is 1. The van der Waals surface area contributed by atoms with E-state index in [0.29, 0.717) is 35.6 Å². The highest BCUT2D eigenvalue weighted by atomic mass is 32.1. The van der Waals surface area contributed by atoms with Gasteiger partial charge in [0.05, 0.1) is 13.3 Å². The van der Waals surface area contributed by atoms with Gasteiger partial charge in [-0.3, -0.25) is 4.79 Å². The maximum absolute atomic E-state index is 12.2. The van der Waals surface area contributed by atoms with Gasteiger partial charge in [0.15, 0.2) is 0 Å². The summed E-state index contributed by atoms with van der Waals surface area (Å²) in [5.41, 5.74) is 0.975. The number of hydrogen-bond acceptors (Lipinski definition) is 6. The zero-order valence-corrected chi connectivity index (χ0v) is 16.0. The molecule has 1 fully saturated rings. The standard InChI is InChI=1S/C19H23N3O4S/c1-25-18-21-12-16(27-18)17(23)20-11-14-7-9-22(10-8-14)19(24)26-13-15-5-3-2-4-6-15/h2-6,12,14H,7-11,13H2,1H3,(H,20,23). The highest BCUT2D eigenvalue weighted by Crippen LogP contribution is 2.21. The van der Waals surface area contributed by atoms with Crippen molar-refractivity contribution in [3.63, 3.8) is 0 Å². The summed E-state index contributed by atoms with van der Waals surface area (Å²) in [5, 5.41) is 3.41. The van der Waals surface area contributed by atoms with Gasteiger partial charge < -0.3 is 19.7 Å². The second kappa shape index (κ2) is 9.36. The van der Waals surface area contributed by atoms with E-state index < -0.39 is 0 Å². The van der Waals surface area contributed by atoms with E-state index in [9.17, 15) is 9.59 Å². The third kappa shape index (κ3) is 5.43. The van der Waals surface area contributed by atoms with Gasteiger partial charge in [-0.25, -0.2) is 9.78 Å². The number of thiazole rings is 1. The lowest BCUT2D eigenvalue weighted by Gasteiger charge is -2.31. The van der Waals surface area contributed by atoms with Gasteiger partial charge >= 0.3 is 6.09 Å². The van der Waals surface area contributed by atoms with Crippen LogP contribution in [0.5, 0.6) is 5.19 Å². The van der Waals surface area contributed by atoms with Crippen molar-refractivity contribution in [3.8, 4) is 5.19 Å². The molecule has 0 radical (unpaired) electrons. The van der Waals surface area contributed by atoms with Crippen LogP contribution in [0.2, 0.25) is 0 Å². The zero-order valence-electron chi connectivity index (χ0n) is 15.2. The van der Waals surface area contributed by atoms with E-state index in [1.807, 2.05) is 30.3 Å². The van der Waals surface area contributed by atoms with E-state index in [-0.39, 0.29) is 18.6 Å². The predicted molar refractivity (Wildman–Crippen MR) is 102 cm³/mol. The highest BCUT2D eigenvalue weighted by molar-refractivity contribution is 7.15. The lowest BCUT2D eigenvalue weighted by Crippen LogP contribution is -2.41. The van der Waals surface area contributed by atoms with Gasteiger partial charge in [0.2, 0.25) is 0 Å². The maximum atomic E-state index is 12.2. The molecule has 0 spiro atoms. The molecule has 0 aliphatic carbocycles. The van der Waals surface area contributed by atoms with Gasteiger partial charge in [0.25, 0.3) is 11.1 Å². The van der Waals surface area contributed by atoms with Gasteiger partial charge in [-0.05, 0) is 24.3 Å². The Morgan fingerprint density at radius 3 is 2.67 bits per heavy atom. The number of hydrogen-bond donors (Lipinski definition) is 1. The molecule has 2 heterocycles. The third-order valence-electron chi connectivity index (χ3n) is 4.51. The molecular formula is C19H23N3O4S. The van der Waals surface area contributed by atoms with Crippen LogP contribution in [0.25, 0.3) is 0 Å². The molecular weight excluding hydrogens is 366 g/mol. The fourth-order valence-corrected chi connectivity index (χ4v) is 3.56. The van der Waals surface area contributed by atoms with Crippen LogP contribution in [0.1, 0.15) is 28.1 Å². The molecule has 0 bridgehead atoms. The van der Waals surface area contributed by atoms with E-state index in [0.717, 1.165) is 18.4 Å². The normalized spacial score (nSPS) is 14.6. The molecule has 2 aromatic rings. The molecule has 0 unspecified atom stereocenters. The predicted octanol–water partition coefficient (Wildman–Crippen LogP) is 2.93. The number of piperidine rings is 1. The van der Waals surface area contributed by atoms with E-state index in [1.54, 1.807) is 4.90 Å². The number of carbonyl (C=O) groups is 2. The Morgan fingerprint density at radius 2 is 2.00 bits per heavy atom. The molecule has 1 aromatic heterocycles. The first-order valence-electron chi connectivity index (χ1n) is 8.89. The number of rotatable bonds is 6. The van der Waals surface area contributed by atoms with Crippen molar-refractivity contribution in [2.24, 2.45) is 5.92 Å². The summed E-state index contributed by atoms with van der Waals surface area (Å²) in [6.07, 6.45) is 2.92. The van der Waals surface area contributed by atoms with Crippen molar-refractivity contribution in [1.82, 2.24) is 15.2 Å². The number of aromatic nitrogens is 1. The molecule has 1 aromatic carbocycles. The van der Waals surface area contributed by atoms with Gasteiger partial charge in [-0.15, -0.1) is 0 Å². The number of amides is 2. The van der Waals surface area contributed by atoms with Crippen molar-refractivity contribution in [2.75, 3.05) is 26.7 Å². The van der Waals surface area contributed by atoms with Crippen LogP contribution in [0.3, 0.4) is 0 Å². The molecule has 1 N–H and O–H groups in total. The average Bonchev–Trinajstić information content (AvgIpc) is 3.21. The van der Waals surface area contributed by atoms with Crippen LogP contribution in [-0.2, 0) is 11.3 Å². The minimum atomic E-state index is -0.280. The molecule has 27 heavy (non-hydrogen) atoms. The number of nitrogens with zero attached hydrogens (tertiary/aromatic N) is 2. The van der Waals surface area contributed by atoms with Gasteiger partial charge in [-0.1, -0.05) is 41.7 Å². The average molecular weight is 389 g/mol. The molecule has 3 rings (SSSR count). The monoisotopic (exact) mass is 389 g/mol. The van der Waals surface area contributed by atoms with Crippen LogP contribution in [0.15, 0.2) is 36.5 Å². The summed E-state index contributed by atoms with van der Waals surface area (Å²) < 4.78 is 10.4. The first-order chi connectivity index (χ1) is 13.2. The summed E-state index contributed by atoms with van der Waals surface area (Å²) >= 11 is 1.22. The second-order valence-electron chi connectivity index (χ2n) is 6.38. The van der Waals surface area contributed by atoms with Gasteiger partial charge in [0.1, 0.15) is 11.5 Å². The van der Waals surface area contributed by atoms with E-state index in [4.69, 9.17) is 9.47 Å². The first-order valence-corrected chi connectivity index (χ1v) is 9.71. The smallest absolute Gasteiger partial charge is 0.410 e. The molecule has 0 atom stereocenters. The number of nitrogens with one attached hydrogen (secondary N) is 1. The van der Waals surface area contributed by atoms with E-state index >= 15 is 0 Å². The summed E-state index contributed by atoms with van der Waals surface area (Å²) in [7, 11) is 1.53. The van der Waals surface area contributed by atoms with Gasteiger partial charge in [-0.2, -0.15) is 0 Å². The Morgan fingerprint density at radius 1 is 1.26 bits per heavy atom. The van der Waals surface area contributed by atoms with Gasteiger partial charge in [0, 0.05) is 19.6 Å². The highest BCUT2D eigenvalue weighted by Gasteiger charge is 2.24. The minimum Gasteiger partial charge on any atom is -0.473 e. The molecule has 7 nitrogen and oxygen atoms in total. The van der Waals surface area contributed by atoms with Crippen molar-refractivity contribution in [3.05, 3.63) is 47.0 Å². The SMILES string of the molecule is COc1ncc(C(=O)NCC2CCN(C(=O)OCc3ccccc3)CC2)s1. The van der Waals surface area contributed by atoms with Crippen LogP contribution >= 0.6 is 11.3 Å². The third-order valence-corrected chi connectivity index (χ3v) is 5.47. The summed E-state index contributed by atoms with van der Waals surface area (Å²) in [4.78, 5) is 30.6. The molecule has 1 aliphatic heterocycles. The van der Waals surface area contributed by atoms with E-state index in [2.05, 4.69) is 10.3 Å². The molecule has 1 saturated heterocycles. The van der Waals surface area contributed by atoms with Crippen molar-refractivity contribution in [1.29, 1.82) is 0 Å². The summed E-state index contributed by atoms with van der Waals surface area (Å²) in [5.74, 6) is 0.211. The fourth-order valence-electron chi connectivity index (χ4n) is 2.91. The van der Waals surface area contributed by atoms with Crippen molar-refractivity contribution in [2.45, 2.75) is 19.4 Å². The molecule has 2 amide bonds. The largest absolute Gasteiger partial charge is 0.473 e. The van der Waals surface area contributed by atoms with Crippen molar-refractivity contribution < 1.29 is 19.1 Å². The summed E-state index contributed by atoms with van der Waals surface area (Å²) in [6, 6.07) is 9.64. The lowest BCUT2D eigenvalue weighted by atomic mass is 9.97. The molecule has 0 saturated carbocycles. The first kappa shape index (κ1) is 19.2. The number of methoxy groups -OCH3 is 1. The number of benzene rings is 1. The number of ether oxygens (including phenoxy) is 2. The Balaban J connectivity index is 1.37. The minimum absolute atomic E-state index is 0.138. The van der Waals surface area contributed by atoms with Crippen LogP contribution in [0.4, 0.5) is 4.79 Å². The Kier molecular flexibility index (Phi) is 6.64.